The average molecular weight is 314 g/mol. The number of unbranched alkanes of at least 4 members (excludes halogenated alkanes) is 1. The van der Waals surface area contributed by atoms with Gasteiger partial charge in [-0.1, -0.05) is 50.0 Å². The van der Waals surface area contributed by atoms with Crippen molar-refractivity contribution in [3.05, 3.63) is 0 Å². The van der Waals surface area contributed by atoms with Crippen LogP contribution in [0.4, 0.5) is 0 Å². The molecule has 0 aromatic heterocycles. The highest BCUT2D eigenvalue weighted by Gasteiger charge is 2.18. The van der Waals surface area contributed by atoms with Crippen molar-refractivity contribution < 1.29 is 8.42 Å². The van der Waals surface area contributed by atoms with Crippen LogP contribution >= 0.6 is 15.9 Å². The molecule has 0 aromatic carbocycles. The van der Waals surface area contributed by atoms with E-state index in [4.69, 9.17) is 0 Å². The van der Waals surface area contributed by atoms with Crippen LogP contribution in [0.3, 0.4) is 0 Å². The first kappa shape index (κ1) is 16.4. The second-order valence-electron chi connectivity index (χ2n) is 5.38. The van der Waals surface area contributed by atoms with Crippen molar-refractivity contribution >= 4 is 26.0 Å². The second-order valence-corrected chi connectivity index (χ2v) is 8.60. The summed E-state index contributed by atoms with van der Waals surface area (Å²) < 4.78 is 25.7. The van der Waals surface area contributed by atoms with Crippen LogP contribution in [0, 0.1) is 5.41 Å². The van der Waals surface area contributed by atoms with Crippen LogP contribution in [0.25, 0.3) is 0 Å². The molecule has 0 aliphatic carbocycles. The van der Waals surface area contributed by atoms with Crippen molar-refractivity contribution in [3.63, 3.8) is 0 Å². The molecule has 0 aromatic rings. The lowest BCUT2D eigenvalue weighted by Gasteiger charge is -2.22. The Morgan fingerprint density at radius 3 is 2.31 bits per heavy atom. The third kappa shape index (κ3) is 9.60. The van der Waals surface area contributed by atoms with Gasteiger partial charge in [0.25, 0.3) is 0 Å². The molecule has 3 nitrogen and oxygen atoms in total. The summed E-state index contributed by atoms with van der Waals surface area (Å²) in [6, 6.07) is 0. The monoisotopic (exact) mass is 313 g/mol. The maximum Gasteiger partial charge on any atom is 0.211 e. The summed E-state index contributed by atoms with van der Waals surface area (Å²) in [5.41, 5.74) is 0.211. The molecular weight excluding hydrogens is 290 g/mol. The van der Waals surface area contributed by atoms with E-state index in [1.165, 1.54) is 0 Å². The zero-order chi connectivity index (χ0) is 12.8. The molecule has 0 aliphatic rings. The largest absolute Gasteiger partial charge is 0.214 e. The van der Waals surface area contributed by atoms with Crippen molar-refractivity contribution in [2.45, 2.75) is 51.8 Å². The van der Waals surface area contributed by atoms with E-state index >= 15 is 0 Å². The first-order chi connectivity index (χ1) is 7.16. The van der Waals surface area contributed by atoms with Crippen LogP contribution in [-0.4, -0.2) is 25.5 Å². The Morgan fingerprint density at radius 2 is 1.88 bits per heavy atom. The third-order valence-corrected chi connectivity index (χ3v) is 4.21. The minimum Gasteiger partial charge on any atom is -0.214 e. The molecule has 1 unspecified atom stereocenters. The molecule has 0 rings (SSSR count). The third-order valence-electron chi connectivity index (χ3n) is 2.13. The minimum atomic E-state index is -3.07. The van der Waals surface area contributed by atoms with Gasteiger partial charge in [-0.15, -0.1) is 0 Å². The van der Waals surface area contributed by atoms with Crippen LogP contribution in [0.15, 0.2) is 0 Å². The molecule has 98 valence electrons. The number of hydrogen-bond acceptors (Lipinski definition) is 2. The summed E-state index contributed by atoms with van der Waals surface area (Å²) >= 11 is 3.51. The van der Waals surface area contributed by atoms with Gasteiger partial charge in [0.1, 0.15) is 0 Å². The van der Waals surface area contributed by atoms with Crippen LogP contribution in [0.5, 0.6) is 0 Å². The van der Waals surface area contributed by atoms with Crippen LogP contribution in [-0.2, 0) is 10.0 Å². The Labute approximate surface area is 109 Å². The highest BCUT2D eigenvalue weighted by atomic mass is 79.9. The van der Waals surface area contributed by atoms with Gasteiger partial charge >= 0.3 is 0 Å². The molecule has 16 heavy (non-hydrogen) atoms. The standard InChI is InChI=1S/C11H24BrNO2S/c1-5-6-7-16(14,15)13-9-10(12)8-11(2,3)4/h10,13H,5-9H2,1-4H3. The van der Waals surface area contributed by atoms with E-state index in [1.807, 2.05) is 6.92 Å². The Morgan fingerprint density at radius 1 is 1.31 bits per heavy atom. The van der Waals surface area contributed by atoms with Crippen LogP contribution in [0.1, 0.15) is 47.0 Å². The van der Waals surface area contributed by atoms with Crippen molar-refractivity contribution in [2.24, 2.45) is 5.41 Å². The smallest absolute Gasteiger partial charge is 0.211 e. The molecule has 0 radical (unpaired) electrons. The van der Waals surface area contributed by atoms with Crippen molar-refractivity contribution in [2.75, 3.05) is 12.3 Å². The molecule has 0 aliphatic heterocycles. The van der Waals surface area contributed by atoms with E-state index in [2.05, 4.69) is 41.4 Å². The predicted molar refractivity (Wildman–Crippen MR) is 73.5 cm³/mol. The first-order valence-electron chi connectivity index (χ1n) is 5.78. The van der Waals surface area contributed by atoms with Gasteiger partial charge in [0.2, 0.25) is 10.0 Å². The summed E-state index contributed by atoms with van der Waals surface area (Å²) in [5, 5.41) is 0. The van der Waals surface area contributed by atoms with E-state index in [0.717, 1.165) is 19.3 Å². The lowest BCUT2D eigenvalue weighted by atomic mass is 9.91. The summed E-state index contributed by atoms with van der Waals surface area (Å²) in [5.74, 6) is 0.235. The van der Waals surface area contributed by atoms with Gasteiger partial charge in [-0.3, -0.25) is 0 Å². The maximum atomic E-state index is 11.5. The number of rotatable bonds is 7. The van der Waals surface area contributed by atoms with E-state index < -0.39 is 10.0 Å². The molecule has 5 heteroatoms. The highest BCUT2D eigenvalue weighted by Crippen LogP contribution is 2.24. The first-order valence-corrected chi connectivity index (χ1v) is 8.34. The predicted octanol–water partition coefficient (Wildman–Crippen LogP) is 2.91. The zero-order valence-electron chi connectivity index (χ0n) is 10.7. The molecule has 0 heterocycles. The summed E-state index contributed by atoms with van der Waals surface area (Å²) in [6.07, 6.45) is 2.57. The van der Waals surface area contributed by atoms with Crippen LogP contribution in [0.2, 0.25) is 0 Å². The topological polar surface area (TPSA) is 46.2 Å². The van der Waals surface area contributed by atoms with Gasteiger partial charge in [0.05, 0.1) is 5.75 Å². The number of hydrogen-bond donors (Lipinski definition) is 1. The van der Waals surface area contributed by atoms with E-state index in [0.29, 0.717) is 6.54 Å². The summed E-state index contributed by atoms with van der Waals surface area (Å²) in [7, 11) is -3.07. The van der Waals surface area contributed by atoms with Crippen molar-refractivity contribution in [1.82, 2.24) is 4.72 Å². The van der Waals surface area contributed by atoms with Crippen molar-refractivity contribution in [1.29, 1.82) is 0 Å². The lowest BCUT2D eigenvalue weighted by molar-refractivity contribution is 0.373. The summed E-state index contributed by atoms with van der Waals surface area (Å²) in [4.78, 5) is 0.198. The van der Waals surface area contributed by atoms with Gasteiger partial charge in [-0.05, 0) is 18.3 Å². The van der Waals surface area contributed by atoms with E-state index in [1.54, 1.807) is 0 Å². The van der Waals surface area contributed by atoms with Crippen molar-refractivity contribution in [3.8, 4) is 0 Å². The molecule has 1 atom stereocenters. The normalized spacial score (nSPS) is 15.1. The maximum absolute atomic E-state index is 11.5. The highest BCUT2D eigenvalue weighted by molar-refractivity contribution is 9.09. The fourth-order valence-electron chi connectivity index (χ4n) is 1.36. The number of nitrogens with one attached hydrogen (secondary N) is 1. The van der Waals surface area contributed by atoms with Gasteiger partial charge in [-0.2, -0.15) is 0 Å². The molecule has 1 N–H and O–H groups in total. The Balaban J connectivity index is 3.95. The minimum absolute atomic E-state index is 0.198. The zero-order valence-corrected chi connectivity index (χ0v) is 13.1. The Bertz CT molecular complexity index is 283. The SMILES string of the molecule is CCCCS(=O)(=O)NCC(Br)CC(C)(C)C. The van der Waals surface area contributed by atoms with E-state index in [9.17, 15) is 8.42 Å². The molecule has 0 fully saturated rings. The summed E-state index contributed by atoms with van der Waals surface area (Å²) in [6.45, 7) is 8.90. The van der Waals surface area contributed by atoms with Crippen LogP contribution < -0.4 is 4.72 Å². The quantitative estimate of drug-likeness (QED) is 0.735. The number of alkyl halides is 1. The molecule has 0 saturated heterocycles. The number of halogens is 1. The average Bonchev–Trinajstić information content (AvgIpc) is 2.09. The van der Waals surface area contributed by atoms with Gasteiger partial charge < -0.3 is 0 Å². The molecule has 0 saturated carbocycles. The Hall–Kier alpha value is 0.390. The lowest BCUT2D eigenvalue weighted by Crippen LogP contribution is -2.33. The van der Waals surface area contributed by atoms with E-state index in [-0.39, 0.29) is 16.0 Å². The Kier molecular flexibility index (Phi) is 7.14. The molecule has 0 spiro atoms. The molecule has 0 bridgehead atoms. The van der Waals surface area contributed by atoms with Gasteiger partial charge in [0, 0.05) is 11.4 Å². The molecule has 0 amide bonds. The molecular formula is C11H24BrNO2S. The second kappa shape index (κ2) is 6.97. The van der Waals surface area contributed by atoms with Gasteiger partial charge in [-0.25, -0.2) is 13.1 Å². The number of sulfonamides is 1. The fourth-order valence-corrected chi connectivity index (χ4v) is 3.98. The van der Waals surface area contributed by atoms with Gasteiger partial charge in [0.15, 0.2) is 0 Å². The fraction of sp³-hybridized carbons (Fsp3) is 1.00.